The molecule has 1 aliphatic heterocycles. The Kier molecular flexibility index (Phi) is 7.02. The van der Waals surface area contributed by atoms with Gasteiger partial charge in [-0.3, -0.25) is 25.2 Å². The van der Waals surface area contributed by atoms with Crippen molar-refractivity contribution in [2.24, 2.45) is 11.8 Å². The molecule has 8 nitrogen and oxygen atoms in total. The molecule has 0 radical (unpaired) electrons. The lowest BCUT2D eigenvalue weighted by Crippen LogP contribution is -2.47. The van der Waals surface area contributed by atoms with Crippen LogP contribution < -0.4 is 25.6 Å². The normalized spacial score (nSPS) is 20.8. The molecule has 1 heterocycles. The topological polar surface area (TPSA) is 106 Å². The summed E-state index contributed by atoms with van der Waals surface area (Å²) < 4.78 is 11.4. The zero-order chi connectivity index (χ0) is 24.9. The lowest BCUT2D eigenvalue weighted by atomic mass is 9.81. The SMILES string of the molecule is O=C(NNC(=O)C1CCC(CNC(=O)C2COc3ccccc3O2)CC1)c1cccc2ccccc12. The molecular formula is C28H29N3O5. The van der Waals surface area contributed by atoms with Crippen molar-refractivity contribution < 1.29 is 23.9 Å². The molecule has 1 unspecified atom stereocenters. The Labute approximate surface area is 209 Å². The summed E-state index contributed by atoms with van der Waals surface area (Å²) in [5.41, 5.74) is 5.67. The predicted molar refractivity (Wildman–Crippen MR) is 134 cm³/mol. The maximum Gasteiger partial charge on any atom is 0.270 e. The van der Waals surface area contributed by atoms with Crippen LogP contribution in [0.4, 0.5) is 0 Å². The van der Waals surface area contributed by atoms with Gasteiger partial charge in [0.05, 0.1) is 0 Å². The van der Waals surface area contributed by atoms with Crippen molar-refractivity contribution in [3.63, 3.8) is 0 Å². The zero-order valence-electron chi connectivity index (χ0n) is 19.9. The van der Waals surface area contributed by atoms with Crippen LogP contribution in [0.5, 0.6) is 11.5 Å². The number of benzene rings is 3. The van der Waals surface area contributed by atoms with Crippen LogP contribution in [-0.2, 0) is 9.59 Å². The number of para-hydroxylation sites is 2. The first-order valence-electron chi connectivity index (χ1n) is 12.3. The van der Waals surface area contributed by atoms with E-state index in [0.717, 1.165) is 23.6 Å². The lowest BCUT2D eigenvalue weighted by Gasteiger charge is -2.29. The van der Waals surface area contributed by atoms with Crippen LogP contribution in [-0.4, -0.2) is 37.0 Å². The molecule has 1 fully saturated rings. The van der Waals surface area contributed by atoms with Crippen molar-refractivity contribution in [1.82, 2.24) is 16.2 Å². The summed E-state index contributed by atoms with van der Waals surface area (Å²) in [6, 6.07) is 20.4. The average molecular weight is 488 g/mol. The van der Waals surface area contributed by atoms with Crippen LogP contribution in [0.25, 0.3) is 10.8 Å². The summed E-state index contributed by atoms with van der Waals surface area (Å²) in [5.74, 6) is 0.622. The Morgan fingerprint density at radius 2 is 1.50 bits per heavy atom. The van der Waals surface area contributed by atoms with Crippen molar-refractivity contribution in [3.05, 3.63) is 72.3 Å². The minimum Gasteiger partial charge on any atom is -0.485 e. The molecule has 0 saturated heterocycles. The van der Waals surface area contributed by atoms with Gasteiger partial charge >= 0.3 is 0 Å². The van der Waals surface area contributed by atoms with Gasteiger partial charge in [-0.1, -0.05) is 48.5 Å². The van der Waals surface area contributed by atoms with Gasteiger partial charge in [0.15, 0.2) is 11.5 Å². The Hall–Kier alpha value is -4.07. The Morgan fingerprint density at radius 1 is 0.778 bits per heavy atom. The second-order valence-electron chi connectivity index (χ2n) is 9.30. The summed E-state index contributed by atoms with van der Waals surface area (Å²) in [5, 5.41) is 4.77. The number of hydrogen-bond acceptors (Lipinski definition) is 5. The molecule has 5 rings (SSSR count). The summed E-state index contributed by atoms with van der Waals surface area (Å²) >= 11 is 0. The van der Waals surface area contributed by atoms with Gasteiger partial charge in [-0.15, -0.1) is 0 Å². The zero-order valence-corrected chi connectivity index (χ0v) is 19.9. The molecule has 36 heavy (non-hydrogen) atoms. The molecule has 0 aromatic heterocycles. The highest BCUT2D eigenvalue weighted by Crippen LogP contribution is 2.31. The fourth-order valence-corrected chi connectivity index (χ4v) is 4.85. The first kappa shape index (κ1) is 23.7. The number of amides is 3. The number of carbonyl (C=O) groups is 3. The van der Waals surface area contributed by atoms with E-state index in [4.69, 9.17) is 9.47 Å². The van der Waals surface area contributed by atoms with Gasteiger partial charge in [0.25, 0.3) is 11.8 Å². The van der Waals surface area contributed by atoms with E-state index in [1.807, 2.05) is 54.6 Å². The van der Waals surface area contributed by atoms with Gasteiger partial charge < -0.3 is 14.8 Å². The minimum absolute atomic E-state index is 0.170. The maximum atomic E-state index is 12.7. The lowest BCUT2D eigenvalue weighted by molar-refractivity contribution is -0.131. The highest BCUT2D eigenvalue weighted by atomic mass is 16.6. The van der Waals surface area contributed by atoms with E-state index in [-0.39, 0.29) is 30.2 Å². The van der Waals surface area contributed by atoms with E-state index >= 15 is 0 Å². The van der Waals surface area contributed by atoms with E-state index in [2.05, 4.69) is 16.2 Å². The van der Waals surface area contributed by atoms with Crippen molar-refractivity contribution >= 4 is 28.5 Å². The predicted octanol–water partition coefficient (Wildman–Crippen LogP) is 3.36. The van der Waals surface area contributed by atoms with Gasteiger partial charge in [0, 0.05) is 18.0 Å². The molecular weight excluding hydrogens is 458 g/mol. The number of ether oxygens (including phenoxy) is 2. The Morgan fingerprint density at radius 3 is 2.33 bits per heavy atom. The summed E-state index contributed by atoms with van der Waals surface area (Å²) in [4.78, 5) is 37.9. The molecule has 1 aliphatic carbocycles. The number of carbonyl (C=O) groups excluding carboxylic acids is 3. The second kappa shape index (κ2) is 10.7. The Bertz CT molecular complexity index is 1260. The molecule has 1 atom stereocenters. The fraction of sp³-hybridized carbons (Fsp3) is 0.321. The van der Waals surface area contributed by atoms with Crippen LogP contribution in [0.15, 0.2) is 66.7 Å². The fourth-order valence-electron chi connectivity index (χ4n) is 4.85. The van der Waals surface area contributed by atoms with Crippen molar-refractivity contribution in [2.75, 3.05) is 13.2 Å². The molecule has 2 aliphatic rings. The number of rotatable bonds is 5. The Balaban J connectivity index is 1.04. The summed E-state index contributed by atoms with van der Waals surface area (Å²) in [6.07, 6.45) is 2.37. The maximum absolute atomic E-state index is 12.7. The van der Waals surface area contributed by atoms with Gasteiger partial charge in [-0.2, -0.15) is 0 Å². The summed E-state index contributed by atoms with van der Waals surface area (Å²) in [7, 11) is 0. The van der Waals surface area contributed by atoms with Gasteiger partial charge in [0.1, 0.15) is 6.61 Å². The first-order valence-corrected chi connectivity index (χ1v) is 12.3. The smallest absolute Gasteiger partial charge is 0.270 e. The third-order valence-corrected chi connectivity index (χ3v) is 6.92. The molecule has 3 aromatic carbocycles. The summed E-state index contributed by atoms with van der Waals surface area (Å²) in [6.45, 7) is 0.715. The average Bonchev–Trinajstić information content (AvgIpc) is 2.94. The molecule has 1 saturated carbocycles. The monoisotopic (exact) mass is 487 g/mol. The molecule has 8 heteroatoms. The van der Waals surface area contributed by atoms with Crippen LogP contribution >= 0.6 is 0 Å². The highest BCUT2D eigenvalue weighted by molar-refractivity contribution is 6.07. The van der Waals surface area contributed by atoms with E-state index in [0.29, 0.717) is 42.4 Å². The molecule has 3 N–H and O–H groups in total. The van der Waals surface area contributed by atoms with E-state index in [1.165, 1.54) is 0 Å². The third kappa shape index (κ3) is 5.27. The molecule has 3 amide bonds. The standard InChI is InChI=1S/C28H29N3O5/c32-26(30-31-27(33)22-9-5-7-19-6-1-2-8-21(19)22)20-14-12-18(13-15-20)16-29-28(34)25-17-35-23-10-3-4-11-24(23)36-25/h1-11,18,20,25H,12-17H2,(H,29,34)(H,30,32)(H,31,33). The van der Waals surface area contributed by atoms with E-state index < -0.39 is 6.10 Å². The van der Waals surface area contributed by atoms with Crippen molar-refractivity contribution in [2.45, 2.75) is 31.8 Å². The van der Waals surface area contributed by atoms with Gasteiger partial charge in [0.2, 0.25) is 12.0 Å². The number of nitrogens with one attached hydrogen (secondary N) is 3. The number of hydrogen-bond donors (Lipinski definition) is 3. The van der Waals surface area contributed by atoms with Crippen molar-refractivity contribution in [3.8, 4) is 11.5 Å². The van der Waals surface area contributed by atoms with Crippen LogP contribution in [0, 0.1) is 11.8 Å². The molecule has 3 aromatic rings. The second-order valence-corrected chi connectivity index (χ2v) is 9.30. The van der Waals surface area contributed by atoms with Crippen molar-refractivity contribution in [1.29, 1.82) is 0 Å². The first-order chi connectivity index (χ1) is 17.6. The number of fused-ring (bicyclic) bond motifs is 2. The quantitative estimate of drug-likeness (QED) is 0.479. The van der Waals surface area contributed by atoms with E-state index in [9.17, 15) is 14.4 Å². The molecule has 0 spiro atoms. The van der Waals surface area contributed by atoms with Crippen LogP contribution in [0.3, 0.4) is 0 Å². The largest absolute Gasteiger partial charge is 0.485 e. The van der Waals surface area contributed by atoms with Crippen LogP contribution in [0.1, 0.15) is 36.0 Å². The van der Waals surface area contributed by atoms with E-state index in [1.54, 1.807) is 12.1 Å². The molecule has 186 valence electrons. The minimum atomic E-state index is -0.674. The van der Waals surface area contributed by atoms with Gasteiger partial charge in [-0.05, 0) is 60.6 Å². The highest BCUT2D eigenvalue weighted by Gasteiger charge is 2.30. The van der Waals surface area contributed by atoms with Crippen LogP contribution in [0.2, 0.25) is 0 Å². The van der Waals surface area contributed by atoms with Gasteiger partial charge in [-0.25, -0.2) is 0 Å². The number of hydrazine groups is 1. The third-order valence-electron chi connectivity index (χ3n) is 6.92. The molecule has 0 bridgehead atoms.